The zero-order chi connectivity index (χ0) is 30.9. The molecule has 0 aliphatic carbocycles. The minimum atomic E-state index is -0.785. The van der Waals surface area contributed by atoms with E-state index in [0.29, 0.717) is 29.3 Å². The molecule has 3 aromatic carbocycles. The number of aromatic nitrogens is 2. The van der Waals surface area contributed by atoms with Crippen LogP contribution >= 0.6 is 0 Å². The van der Waals surface area contributed by atoms with Crippen LogP contribution in [0.25, 0.3) is 6.08 Å². The second kappa shape index (κ2) is 14.3. The van der Waals surface area contributed by atoms with Crippen molar-refractivity contribution < 1.29 is 23.8 Å². The highest BCUT2D eigenvalue weighted by Gasteiger charge is 2.42. The Bertz CT molecular complexity index is 1670. The molecule has 0 saturated carbocycles. The first-order valence-electron chi connectivity index (χ1n) is 14.4. The number of carbonyl (C=O) groups is 2. The summed E-state index contributed by atoms with van der Waals surface area (Å²) < 4.78 is 18.9. The second-order valence-corrected chi connectivity index (χ2v) is 10.6. The molecule has 0 amide bonds. The highest BCUT2D eigenvalue weighted by molar-refractivity contribution is 6.07. The molecule has 1 aliphatic heterocycles. The predicted octanol–water partition coefficient (Wildman–Crippen LogP) is 6.39. The van der Waals surface area contributed by atoms with E-state index in [0.717, 1.165) is 28.8 Å². The summed E-state index contributed by atoms with van der Waals surface area (Å²) >= 11 is 0. The van der Waals surface area contributed by atoms with Crippen LogP contribution in [0.3, 0.4) is 0 Å². The molecule has 0 N–H and O–H groups in total. The number of hydrogen-bond acceptors (Lipinski definition) is 7. The van der Waals surface area contributed by atoms with E-state index in [-0.39, 0.29) is 6.61 Å². The van der Waals surface area contributed by atoms with Gasteiger partial charge in [-0.15, -0.1) is 0 Å². The Balaban J connectivity index is 1.31. The molecule has 8 nitrogen and oxygen atoms in total. The van der Waals surface area contributed by atoms with Gasteiger partial charge in [0, 0.05) is 36.3 Å². The van der Waals surface area contributed by atoms with Gasteiger partial charge in [-0.05, 0) is 54.3 Å². The van der Waals surface area contributed by atoms with Crippen LogP contribution in [0.1, 0.15) is 42.0 Å². The highest BCUT2D eigenvalue weighted by Crippen LogP contribution is 2.41. The van der Waals surface area contributed by atoms with Crippen molar-refractivity contribution in [3.63, 3.8) is 0 Å². The van der Waals surface area contributed by atoms with Gasteiger partial charge in [0.1, 0.15) is 24.9 Å². The standard InChI is InChI=1S/C36H35N3O5/c1-25-32(35(40)42-3)34(30-12-7-13-31(21-30)44-23-29-9-5-4-6-10-29)33(26(2)38-25)36(41)43-20-8-11-27-14-16-28(17-15-27)22-39-19-18-37-24-39/h4-19,21,24,32,34H,20,22-23H2,1-3H3. The molecular weight excluding hydrogens is 554 g/mol. The Kier molecular flexibility index (Phi) is 9.81. The van der Waals surface area contributed by atoms with Crippen molar-refractivity contribution in [2.75, 3.05) is 13.7 Å². The summed E-state index contributed by atoms with van der Waals surface area (Å²) in [5, 5.41) is 0. The number of allylic oxidation sites excluding steroid dienone is 1. The summed E-state index contributed by atoms with van der Waals surface area (Å²) in [4.78, 5) is 35.3. The quantitative estimate of drug-likeness (QED) is 0.188. The van der Waals surface area contributed by atoms with E-state index in [9.17, 15) is 9.59 Å². The van der Waals surface area contributed by atoms with Crippen molar-refractivity contribution in [3.8, 4) is 5.75 Å². The third-order valence-corrected chi connectivity index (χ3v) is 7.49. The molecule has 1 aromatic heterocycles. The third kappa shape index (κ3) is 7.39. The van der Waals surface area contributed by atoms with Gasteiger partial charge in [-0.3, -0.25) is 9.79 Å². The predicted molar refractivity (Wildman–Crippen MR) is 169 cm³/mol. The van der Waals surface area contributed by atoms with E-state index in [1.807, 2.05) is 83.6 Å². The van der Waals surface area contributed by atoms with Gasteiger partial charge in [-0.1, -0.05) is 72.8 Å². The SMILES string of the molecule is COC(=O)C1C(C)=NC(C)=C(C(=O)OCC=Cc2ccc(Cn3ccnc3)cc2)C1c1cccc(OCc2ccccc2)c1. The number of nitrogens with zero attached hydrogens (tertiary/aromatic N) is 3. The summed E-state index contributed by atoms with van der Waals surface area (Å²) in [6.07, 6.45) is 9.16. The number of methoxy groups -OCH3 is 1. The molecule has 0 spiro atoms. The van der Waals surface area contributed by atoms with Crippen molar-refractivity contribution in [2.24, 2.45) is 10.9 Å². The first-order valence-corrected chi connectivity index (χ1v) is 14.4. The van der Waals surface area contributed by atoms with E-state index in [4.69, 9.17) is 14.2 Å². The van der Waals surface area contributed by atoms with Crippen LogP contribution in [0.15, 0.2) is 120 Å². The summed E-state index contributed by atoms with van der Waals surface area (Å²) in [6.45, 7) is 4.73. The molecule has 2 atom stereocenters. The Hall–Kier alpha value is -5.24. The van der Waals surface area contributed by atoms with E-state index in [1.165, 1.54) is 7.11 Å². The Morgan fingerprint density at radius 1 is 0.955 bits per heavy atom. The van der Waals surface area contributed by atoms with Crippen molar-refractivity contribution in [2.45, 2.75) is 32.9 Å². The topological polar surface area (TPSA) is 92.0 Å². The fourth-order valence-corrected chi connectivity index (χ4v) is 5.34. The fraction of sp³-hybridized carbons (Fsp3) is 0.222. The normalized spacial score (nSPS) is 16.5. The molecule has 4 aromatic rings. The Morgan fingerprint density at radius 3 is 2.48 bits per heavy atom. The van der Waals surface area contributed by atoms with E-state index in [2.05, 4.69) is 22.1 Å². The first kappa shape index (κ1) is 30.2. The number of aliphatic imine (C=N–C) groups is 1. The summed E-state index contributed by atoms with van der Waals surface area (Å²) in [5.74, 6) is -1.82. The van der Waals surface area contributed by atoms with Crippen LogP contribution < -0.4 is 4.74 Å². The minimum Gasteiger partial charge on any atom is -0.489 e. The number of hydrogen-bond donors (Lipinski definition) is 0. The molecule has 0 radical (unpaired) electrons. The molecule has 2 heterocycles. The van der Waals surface area contributed by atoms with Gasteiger partial charge < -0.3 is 18.8 Å². The fourth-order valence-electron chi connectivity index (χ4n) is 5.34. The van der Waals surface area contributed by atoms with E-state index >= 15 is 0 Å². The molecule has 0 saturated heterocycles. The molecule has 1 aliphatic rings. The van der Waals surface area contributed by atoms with Crippen LogP contribution in [-0.4, -0.2) is 40.9 Å². The van der Waals surface area contributed by atoms with Crippen LogP contribution in [0.4, 0.5) is 0 Å². The summed E-state index contributed by atoms with van der Waals surface area (Å²) in [7, 11) is 1.34. The summed E-state index contributed by atoms with van der Waals surface area (Å²) in [5.41, 5.74) is 5.31. The largest absolute Gasteiger partial charge is 0.489 e. The number of esters is 2. The van der Waals surface area contributed by atoms with Gasteiger partial charge in [0.05, 0.1) is 19.0 Å². The monoisotopic (exact) mass is 589 g/mol. The molecule has 44 heavy (non-hydrogen) atoms. The van der Waals surface area contributed by atoms with Crippen molar-refractivity contribution in [1.82, 2.24) is 9.55 Å². The first-order chi connectivity index (χ1) is 21.4. The highest BCUT2D eigenvalue weighted by atomic mass is 16.5. The second-order valence-electron chi connectivity index (χ2n) is 10.6. The minimum absolute atomic E-state index is 0.0605. The maximum Gasteiger partial charge on any atom is 0.336 e. The van der Waals surface area contributed by atoms with Gasteiger partial charge in [-0.25, -0.2) is 9.78 Å². The van der Waals surface area contributed by atoms with Gasteiger partial charge in [0.15, 0.2) is 0 Å². The van der Waals surface area contributed by atoms with Crippen LogP contribution in [0.5, 0.6) is 5.75 Å². The van der Waals surface area contributed by atoms with Crippen LogP contribution in [-0.2, 0) is 32.2 Å². The zero-order valence-corrected chi connectivity index (χ0v) is 25.1. The number of ether oxygens (including phenoxy) is 3. The lowest BCUT2D eigenvalue weighted by Crippen LogP contribution is -2.36. The number of benzene rings is 3. The lowest BCUT2D eigenvalue weighted by atomic mass is 9.75. The number of imidazole rings is 1. The van der Waals surface area contributed by atoms with Crippen LogP contribution in [0, 0.1) is 5.92 Å². The summed E-state index contributed by atoms with van der Waals surface area (Å²) in [6, 6.07) is 25.4. The molecule has 8 heteroatoms. The number of carbonyl (C=O) groups excluding carboxylic acids is 2. The average molecular weight is 590 g/mol. The molecule has 224 valence electrons. The number of rotatable bonds is 11. The van der Waals surface area contributed by atoms with Crippen LogP contribution in [0.2, 0.25) is 0 Å². The molecular formula is C36H35N3O5. The molecule has 0 bridgehead atoms. The van der Waals surface area contributed by atoms with Crippen molar-refractivity contribution in [3.05, 3.63) is 137 Å². The van der Waals surface area contributed by atoms with Crippen molar-refractivity contribution in [1.29, 1.82) is 0 Å². The van der Waals surface area contributed by atoms with Gasteiger partial charge in [-0.2, -0.15) is 0 Å². The van der Waals surface area contributed by atoms with Crippen molar-refractivity contribution >= 4 is 23.7 Å². The van der Waals surface area contributed by atoms with Gasteiger partial charge in [0.25, 0.3) is 0 Å². The third-order valence-electron chi connectivity index (χ3n) is 7.49. The smallest absolute Gasteiger partial charge is 0.336 e. The van der Waals surface area contributed by atoms with Gasteiger partial charge in [0.2, 0.25) is 0 Å². The lowest BCUT2D eigenvalue weighted by Gasteiger charge is -2.31. The molecule has 5 rings (SSSR count). The molecule has 2 unspecified atom stereocenters. The Morgan fingerprint density at radius 2 is 1.75 bits per heavy atom. The van der Waals surface area contributed by atoms with E-state index < -0.39 is 23.8 Å². The maximum absolute atomic E-state index is 13.6. The van der Waals surface area contributed by atoms with E-state index in [1.54, 1.807) is 32.4 Å². The maximum atomic E-state index is 13.6. The zero-order valence-electron chi connectivity index (χ0n) is 25.1. The van der Waals surface area contributed by atoms with Gasteiger partial charge >= 0.3 is 11.9 Å². The lowest BCUT2D eigenvalue weighted by molar-refractivity contribution is -0.143. The average Bonchev–Trinajstić information content (AvgIpc) is 3.56. The Labute approximate surface area is 257 Å². The molecule has 0 fully saturated rings.